The van der Waals surface area contributed by atoms with Crippen molar-refractivity contribution in [3.05, 3.63) is 47.4 Å². The Balaban J connectivity index is 1.60. The standard InChI is InChI=1S/C25H31F2N7O4/c1-14(2)21-20(31-25(36)38-12-15-5-7-33(3)8-6-15)11-34-22(21)23(28-13-29-34)30-19-9-16(24(35)32-37-4)17(26)10-18(19)27/h9-11,13-15H,5-8,12H2,1-4H3,(H,31,36)(H,32,35)(H,28,29,30). The van der Waals surface area contributed by atoms with Gasteiger partial charge in [-0.2, -0.15) is 5.10 Å². The summed E-state index contributed by atoms with van der Waals surface area (Å²) in [5, 5.41) is 9.85. The third-order valence-corrected chi connectivity index (χ3v) is 6.46. The Hall–Kier alpha value is -3.84. The molecule has 0 radical (unpaired) electrons. The lowest BCUT2D eigenvalue weighted by atomic mass is 9.98. The Morgan fingerprint density at radius 3 is 2.58 bits per heavy atom. The van der Waals surface area contributed by atoms with E-state index in [1.54, 1.807) is 6.20 Å². The first-order valence-corrected chi connectivity index (χ1v) is 12.3. The van der Waals surface area contributed by atoms with Gasteiger partial charge in [-0.05, 0) is 50.9 Å². The van der Waals surface area contributed by atoms with Crippen LogP contribution in [0, 0.1) is 17.6 Å². The van der Waals surface area contributed by atoms with Gasteiger partial charge in [0.15, 0.2) is 5.82 Å². The van der Waals surface area contributed by atoms with Gasteiger partial charge in [0.2, 0.25) is 0 Å². The second kappa shape index (κ2) is 11.7. The number of nitrogens with one attached hydrogen (secondary N) is 3. The number of nitrogens with zero attached hydrogens (tertiary/aromatic N) is 4. The highest BCUT2D eigenvalue weighted by Gasteiger charge is 2.23. The van der Waals surface area contributed by atoms with E-state index in [9.17, 15) is 18.4 Å². The maximum Gasteiger partial charge on any atom is 0.411 e. The second-order valence-corrected chi connectivity index (χ2v) is 9.56. The third-order valence-electron chi connectivity index (χ3n) is 6.46. The molecule has 4 rings (SSSR count). The topological polar surface area (TPSA) is 122 Å². The number of ether oxygens (including phenoxy) is 1. The molecule has 2 amide bonds. The minimum absolute atomic E-state index is 0.100. The Labute approximate surface area is 218 Å². The van der Waals surface area contributed by atoms with Crippen LogP contribution >= 0.6 is 0 Å². The number of rotatable bonds is 8. The molecule has 204 valence electrons. The quantitative estimate of drug-likeness (QED) is 0.372. The number of hydrogen-bond donors (Lipinski definition) is 3. The van der Waals surface area contributed by atoms with E-state index in [0.29, 0.717) is 35.4 Å². The minimum Gasteiger partial charge on any atom is -0.449 e. The van der Waals surface area contributed by atoms with E-state index in [2.05, 4.69) is 37.5 Å². The maximum atomic E-state index is 14.7. The highest BCUT2D eigenvalue weighted by atomic mass is 19.1. The van der Waals surface area contributed by atoms with Gasteiger partial charge in [0.05, 0.1) is 36.9 Å². The third kappa shape index (κ3) is 6.00. The van der Waals surface area contributed by atoms with Crippen molar-refractivity contribution in [2.24, 2.45) is 5.92 Å². The molecule has 2 aromatic heterocycles. The van der Waals surface area contributed by atoms with Crippen molar-refractivity contribution in [1.29, 1.82) is 0 Å². The molecular weight excluding hydrogens is 500 g/mol. The number of fused-ring (bicyclic) bond motifs is 1. The van der Waals surface area contributed by atoms with Crippen molar-refractivity contribution in [3.63, 3.8) is 0 Å². The van der Waals surface area contributed by atoms with Crippen LogP contribution < -0.4 is 16.1 Å². The summed E-state index contributed by atoms with van der Waals surface area (Å²) in [6.07, 6.45) is 4.23. The molecular formula is C25H31F2N7O4. The van der Waals surface area contributed by atoms with Crippen LogP contribution in [0.3, 0.4) is 0 Å². The molecule has 0 atom stereocenters. The summed E-state index contributed by atoms with van der Waals surface area (Å²) in [6.45, 7) is 6.12. The number of carbonyl (C=O) groups is 2. The lowest BCUT2D eigenvalue weighted by molar-refractivity contribution is 0.0533. The maximum absolute atomic E-state index is 14.7. The average Bonchev–Trinajstić information content (AvgIpc) is 3.24. The van der Waals surface area contributed by atoms with E-state index >= 15 is 0 Å². The number of carbonyl (C=O) groups excluding carboxylic acids is 2. The predicted octanol–water partition coefficient (Wildman–Crippen LogP) is 4.06. The molecule has 3 heterocycles. The van der Waals surface area contributed by atoms with Crippen molar-refractivity contribution in [2.45, 2.75) is 32.6 Å². The van der Waals surface area contributed by atoms with Crippen molar-refractivity contribution < 1.29 is 27.9 Å². The summed E-state index contributed by atoms with van der Waals surface area (Å²) in [7, 11) is 3.27. The average molecular weight is 532 g/mol. The van der Waals surface area contributed by atoms with Gasteiger partial charge in [0.1, 0.15) is 23.5 Å². The Kier molecular flexibility index (Phi) is 8.37. The summed E-state index contributed by atoms with van der Waals surface area (Å²) >= 11 is 0. The van der Waals surface area contributed by atoms with Crippen LogP contribution in [0.1, 0.15) is 48.5 Å². The van der Waals surface area contributed by atoms with Crippen molar-refractivity contribution in [1.82, 2.24) is 25.0 Å². The molecule has 1 aromatic carbocycles. The number of anilines is 3. The van der Waals surface area contributed by atoms with E-state index in [-0.39, 0.29) is 17.4 Å². The summed E-state index contributed by atoms with van der Waals surface area (Å²) in [5.41, 5.74) is 3.03. The van der Waals surface area contributed by atoms with E-state index in [1.807, 2.05) is 19.3 Å². The van der Waals surface area contributed by atoms with Crippen LogP contribution in [-0.4, -0.2) is 65.4 Å². The second-order valence-electron chi connectivity index (χ2n) is 9.56. The van der Waals surface area contributed by atoms with Gasteiger partial charge in [-0.3, -0.25) is 14.9 Å². The van der Waals surface area contributed by atoms with Crippen molar-refractivity contribution >= 4 is 34.7 Å². The van der Waals surface area contributed by atoms with Gasteiger partial charge in [-0.1, -0.05) is 13.8 Å². The zero-order valence-corrected chi connectivity index (χ0v) is 21.7. The highest BCUT2D eigenvalue weighted by Crippen LogP contribution is 2.35. The van der Waals surface area contributed by atoms with Crippen LogP contribution in [0.2, 0.25) is 0 Å². The molecule has 3 N–H and O–H groups in total. The molecule has 1 fully saturated rings. The van der Waals surface area contributed by atoms with E-state index in [1.165, 1.54) is 18.0 Å². The van der Waals surface area contributed by atoms with Crippen LogP contribution in [0.25, 0.3) is 5.52 Å². The predicted molar refractivity (Wildman–Crippen MR) is 136 cm³/mol. The van der Waals surface area contributed by atoms with Crippen LogP contribution in [-0.2, 0) is 9.57 Å². The number of piperidine rings is 1. The first-order chi connectivity index (χ1) is 18.2. The number of halogens is 2. The molecule has 3 aromatic rings. The molecule has 1 aliphatic rings. The van der Waals surface area contributed by atoms with Crippen LogP contribution in [0.5, 0.6) is 0 Å². The fraction of sp³-hybridized carbons (Fsp3) is 0.440. The fourth-order valence-corrected chi connectivity index (χ4v) is 4.47. The lowest BCUT2D eigenvalue weighted by Gasteiger charge is -2.28. The summed E-state index contributed by atoms with van der Waals surface area (Å²) in [6, 6.07) is 1.62. The molecule has 0 aliphatic carbocycles. The van der Waals surface area contributed by atoms with Gasteiger partial charge in [0.25, 0.3) is 5.91 Å². The summed E-state index contributed by atoms with van der Waals surface area (Å²) in [4.78, 5) is 35.8. The molecule has 0 saturated carbocycles. The number of aromatic nitrogens is 3. The smallest absolute Gasteiger partial charge is 0.411 e. The van der Waals surface area contributed by atoms with E-state index in [0.717, 1.165) is 32.0 Å². The Bertz CT molecular complexity index is 1320. The summed E-state index contributed by atoms with van der Waals surface area (Å²) in [5.74, 6) is -2.45. The number of hydroxylamine groups is 1. The molecule has 1 saturated heterocycles. The fourth-order valence-electron chi connectivity index (χ4n) is 4.47. The van der Waals surface area contributed by atoms with Gasteiger partial charge in [-0.15, -0.1) is 0 Å². The Morgan fingerprint density at radius 2 is 1.89 bits per heavy atom. The molecule has 13 heteroatoms. The normalized spacial score (nSPS) is 14.6. The van der Waals surface area contributed by atoms with Gasteiger partial charge in [0, 0.05) is 11.6 Å². The van der Waals surface area contributed by atoms with Gasteiger partial charge in [-0.25, -0.2) is 28.6 Å². The monoisotopic (exact) mass is 531 g/mol. The van der Waals surface area contributed by atoms with Gasteiger partial charge < -0.3 is 15.0 Å². The van der Waals surface area contributed by atoms with Gasteiger partial charge >= 0.3 is 6.09 Å². The number of hydrogen-bond acceptors (Lipinski definition) is 8. The number of likely N-dealkylation sites (tertiary alicyclic amines) is 1. The molecule has 1 aliphatic heterocycles. The van der Waals surface area contributed by atoms with E-state index < -0.39 is 29.2 Å². The molecule has 0 spiro atoms. The number of amides is 2. The van der Waals surface area contributed by atoms with Crippen molar-refractivity contribution in [2.75, 3.05) is 44.5 Å². The molecule has 11 nitrogen and oxygen atoms in total. The zero-order valence-electron chi connectivity index (χ0n) is 21.7. The molecule has 0 bridgehead atoms. The SMILES string of the molecule is CONC(=O)c1cc(Nc2ncnn3cc(NC(=O)OCC4CCN(C)CC4)c(C(C)C)c23)c(F)cc1F. The molecule has 38 heavy (non-hydrogen) atoms. The first-order valence-electron chi connectivity index (χ1n) is 12.3. The first kappa shape index (κ1) is 27.2. The summed E-state index contributed by atoms with van der Waals surface area (Å²) < 4.78 is 35.9. The van der Waals surface area contributed by atoms with Crippen LogP contribution in [0.4, 0.5) is 30.8 Å². The largest absolute Gasteiger partial charge is 0.449 e. The lowest BCUT2D eigenvalue weighted by Crippen LogP contribution is -2.32. The molecule has 0 unspecified atom stereocenters. The Morgan fingerprint density at radius 1 is 1.16 bits per heavy atom. The van der Waals surface area contributed by atoms with Crippen LogP contribution in [0.15, 0.2) is 24.7 Å². The highest BCUT2D eigenvalue weighted by molar-refractivity contribution is 5.95. The van der Waals surface area contributed by atoms with E-state index in [4.69, 9.17) is 4.74 Å². The minimum atomic E-state index is -1.05. The zero-order chi connectivity index (χ0) is 27.4. The van der Waals surface area contributed by atoms with Crippen molar-refractivity contribution in [3.8, 4) is 0 Å². The number of benzene rings is 1.